The van der Waals surface area contributed by atoms with Gasteiger partial charge in [-0.1, -0.05) is 32.9 Å². The van der Waals surface area contributed by atoms with Crippen molar-refractivity contribution in [3.8, 4) is 0 Å². The van der Waals surface area contributed by atoms with Crippen LogP contribution >= 0.6 is 0 Å². The molecule has 2 aromatic rings. The van der Waals surface area contributed by atoms with Gasteiger partial charge in [0.25, 0.3) is 10.0 Å². The molecule has 1 atom stereocenters. The zero-order valence-electron chi connectivity index (χ0n) is 14.1. The average molecular weight is 346 g/mol. The van der Waals surface area contributed by atoms with Gasteiger partial charge in [-0.15, -0.1) is 0 Å². The first-order valence-electron chi connectivity index (χ1n) is 7.85. The fourth-order valence-corrected chi connectivity index (χ4v) is 3.43. The van der Waals surface area contributed by atoms with Crippen molar-refractivity contribution in [1.82, 2.24) is 9.71 Å². The topological polar surface area (TPSA) is 76.1 Å². The SMILES string of the molecule is CC(C)c1cccc(S(=O)(=O)NC(=O)C[C@@H](C)c2ccncc2)c1. The van der Waals surface area contributed by atoms with E-state index >= 15 is 0 Å². The van der Waals surface area contributed by atoms with Gasteiger partial charge in [-0.2, -0.15) is 0 Å². The quantitative estimate of drug-likeness (QED) is 0.871. The van der Waals surface area contributed by atoms with E-state index in [0.717, 1.165) is 11.1 Å². The minimum Gasteiger partial charge on any atom is -0.274 e. The molecular weight excluding hydrogens is 324 g/mol. The Bertz CT molecular complexity index is 802. The minimum atomic E-state index is -3.86. The van der Waals surface area contributed by atoms with E-state index in [1.807, 2.05) is 39.0 Å². The molecule has 1 amide bonds. The van der Waals surface area contributed by atoms with E-state index in [9.17, 15) is 13.2 Å². The van der Waals surface area contributed by atoms with Gasteiger partial charge in [0.1, 0.15) is 0 Å². The molecule has 0 aliphatic rings. The van der Waals surface area contributed by atoms with E-state index in [4.69, 9.17) is 0 Å². The molecule has 0 fully saturated rings. The Hall–Kier alpha value is -2.21. The van der Waals surface area contributed by atoms with Gasteiger partial charge in [0, 0.05) is 18.8 Å². The summed E-state index contributed by atoms with van der Waals surface area (Å²) in [5.74, 6) is -0.401. The lowest BCUT2D eigenvalue weighted by atomic mass is 9.99. The van der Waals surface area contributed by atoms with E-state index in [1.165, 1.54) is 6.07 Å². The molecule has 1 aromatic heterocycles. The number of nitrogens with zero attached hydrogens (tertiary/aromatic N) is 1. The van der Waals surface area contributed by atoms with Crippen LogP contribution in [0.25, 0.3) is 0 Å². The summed E-state index contributed by atoms with van der Waals surface area (Å²) in [4.78, 5) is 16.2. The van der Waals surface area contributed by atoms with Crippen LogP contribution in [-0.4, -0.2) is 19.3 Å². The molecule has 0 aliphatic heterocycles. The highest BCUT2D eigenvalue weighted by molar-refractivity contribution is 7.90. The second-order valence-corrected chi connectivity index (χ2v) is 7.82. The maximum absolute atomic E-state index is 12.4. The Morgan fingerprint density at radius 2 is 1.75 bits per heavy atom. The Morgan fingerprint density at radius 1 is 1.08 bits per heavy atom. The van der Waals surface area contributed by atoms with E-state index in [2.05, 4.69) is 9.71 Å². The first kappa shape index (κ1) is 18.1. The van der Waals surface area contributed by atoms with Crippen molar-refractivity contribution in [2.24, 2.45) is 0 Å². The van der Waals surface area contributed by atoms with Gasteiger partial charge in [0.2, 0.25) is 5.91 Å². The number of carbonyl (C=O) groups excluding carboxylic acids is 1. The summed E-state index contributed by atoms with van der Waals surface area (Å²) < 4.78 is 26.9. The van der Waals surface area contributed by atoms with E-state index < -0.39 is 15.9 Å². The van der Waals surface area contributed by atoms with Crippen molar-refractivity contribution in [2.75, 3.05) is 0 Å². The summed E-state index contributed by atoms with van der Waals surface area (Å²) in [5, 5.41) is 0. The highest BCUT2D eigenvalue weighted by Gasteiger charge is 2.20. The van der Waals surface area contributed by atoms with Crippen LogP contribution in [0, 0.1) is 0 Å². The molecule has 0 radical (unpaired) electrons. The fraction of sp³-hybridized carbons (Fsp3) is 0.333. The number of rotatable bonds is 6. The van der Waals surface area contributed by atoms with Gasteiger partial charge in [0.15, 0.2) is 0 Å². The van der Waals surface area contributed by atoms with Crippen LogP contribution < -0.4 is 4.72 Å². The zero-order valence-corrected chi connectivity index (χ0v) is 14.9. The number of hydrogen-bond acceptors (Lipinski definition) is 4. The molecular formula is C18H22N2O3S. The summed E-state index contributed by atoms with van der Waals surface area (Å²) >= 11 is 0. The molecule has 1 N–H and O–H groups in total. The van der Waals surface area contributed by atoms with Gasteiger partial charge in [0.05, 0.1) is 4.90 Å². The normalized spacial score (nSPS) is 12.8. The number of aromatic nitrogens is 1. The molecule has 1 aromatic carbocycles. The summed E-state index contributed by atoms with van der Waals surface area (Å²) in [6.07, 6.45) is 3.39. The van der Waals surface area contributed by atoms with Crippen LogP contribution in [0.2, 0.25) is 0 Å². The van der Waals surface area contributed by atoms with Crippen LogP contribution in [0.4, 0.5) is 0 Å². The highest BCUT2D eigenvalue weighted by Crippen LogP contribution is 2.20. The summed E-state index contributed by atoms with van der Waals surface area (Å²) in [6.45, 7) is 5.85. The predicted octanol–water partition coefficient (Wildman–Crippen LogP) is 3.20. The Labute approximate surface area is 143 Å². The summed E-state index contributed by atoms with van der Waals surface area (Å²) in [6, 6.07) is 10.3. The predicted molar refractivity (Wildman–Crippen MR) is 93.1 cm³/mol. The zero-order chi connectivity index (χ0) is 17.7. The number of carbonyl (C=O) groups is 1. The summed E-state index contributed by atoms with van der Waals surface area (Å²) in [7, 11) is -3.86. The second kappa shape index (κ2) is 7.57. The third-order valence-corrected chi connectivity index (χ3v) is 5.22. The monoisotopic (exact) mass is 346 g/mol. The van der Waals surface area contributed by atoms with Crippen molar-refractivity contribution in [3.63, 3.8) is 0 Å². The van der Waals surface area contributed by atoms with Crippen LogP contribution in [0.15, 0.2) is 53.7 Å². The first-order valence-corrected chi connectivity index (χ1v) is 9.33. The van der Waals surface area contributed by atoms with Gasteiger partial charge in [-0.3, -0.25) is 9.78 Å². The number of sulfonamides is 1. The van der Waals surface area contributed by atoms with Gasteiger partial charge in [-0.05, 0) is 47.2 Å². The molecule has 2 rings (SSSR count). The molecule has 0 saturated carbocycles. The molecule has 0 bridgehead atoms. The molecule has 0 spiro atoms. The maximum Gasteiger partial charge on any atom is 0.264 e. The molecule has 128 valence electrons. The van der Waals surface area contributed by atoms with E-state index in [0.29, 0.717) is 0 Å². The standard InChI is InChI=1S/C18H22N2O3S/c1-13(2)16-5-4-6-17(12-16)24(22,23)20-18(21)11-14(3)15-7-9-19-10-8-15/h4-10,12-14H,11H2,1-3H3,(H,20,21)/t14-/m1/s1. The smallest absolute Gasteiger partial charge is 0.264 e. The van der Waals surface area contributed by atoms with Crippen molar-refractivity contribution in [2.45, 2.75) is 43.9 Å². The molecule has 6 heteroatoms. The molecule has 0 aliphatic carbocycles. The lowest BCUT2D eigenvalue weighted by molar-refractivity contribution is -0.119. The Balaban J connectivity index is 2.09. The second-order valence-electron chi connectivity index (χ2n) is 6.14. The van der Waals surface area contributed by atoms with Crippen LogP contribution in [0.5, 0.6) is 0 Å². The molecule has 0 saturated heterocycles. The van der Waals surface area contributed by atoms with Crippen molar-refractivity contribution in [3.05, 3.63) is 59.9 Å². The Kier molecular flexibility index (Phi) is 5.72. The van der Waals surface area contributed by atoms with Gasteiger partial charge in [-0.25, -0.2) is 13.1 Å². The number of amides is 1. The largest absolute Gasteiger partial charge is 0.274 e. The first-order chi connectivity index (χ1) is 11.3. The number of nitrogens with one attached hydrogen (secondary N) is 1. The van der Waals surface area contributed by atoms with E-state index in [-0.39, 0.29) is 23.2 Å². The van der Waals surface area contributed by atoms with Crippen LogP contribution in [-0.2, 0) is 14.8 Å². The minimum absolute atomic E-state index is 0.0904. The maximum atomic E-state index is 12.4. The van der Waals surface area contributed by atoms with E-state index in [1.54, 1.807) is 24.5 Å². The van der Waals surface area contributed by atoms with Crippen molar-refractivity contribution < 1.29 is 13.2 Å². The van der Waals surface area contributed by atoms with Gasteiger partial charge >= 0.3 is 0 Å². The van der Waals surface area contributed by atoms with Gasteiger partial charge < -0.3 is 0 Å². The fourth-order valence-electron chi connectivity index (χ4n) is 2.38. The molecule has 0 unspecified atom stereocenters. The average Bonchev–Trinajstić information content (AvgIpc) is 2.55. The third-order valence-electron chi connectivity index (χ3n) is 3.85. The van der Waals surface area contributed by atoms with Crippen LogP contribution in [0.1, 0.15) is 50.2 Å². The molecule has 1 heterocycles. The lowest BCUT2D eigenvalue weighted by Gasteiger charge is -2.13. The number of benzene rings is 1. The number of pyridine rings is 1. The van der Waals surface area contributed by atoms with Crippen LogP contribution in [0.3, 0.4) is 0 Å². The highest BCUT2D eigenvalue weighted by atomic mass is 32.2. The molecule has 5 nitrogen and oxygen atoms in total. The van der Waals surface area contributed by atoms with Crippen molar-refractivity contribution >= 4 is 15.9 Å². The number of hydrogen-bond donors (Lipinski definition) is 1. The lowest BCUT2D eigenvalue weighted by Crippen LogP contribution is -2.31. The summed E-state index contributed by atoms with van der Waals surface area (Å²) in [5.41, 5.74) is 1.86. The third kappa shape index (κ3) is 4.64. The Morgan fingerprint density at radius 3 is 2.38 bits per heavy atom. The molecule has 24 heavy (non-hydrogen) atoms. The van der Waals surface area contributed by atoms with Crippen molar-refractivity contribution in [1.29, 1.82) is 0 Å².